The number of phosphoric ester groups is 1. The zero-order chi connectivity index (χ0) is 16.2. The third-order valence-corrected chi connectivity index (χ3v) is 6.77. The maximum absolute atomic E-state index is 12.0. The highest BCUT2D eigenvalue weighted by Crippen LogP contribution is 2.52. The predicted molar refractivity (Wildman–Crippen MR) is 82.3 cm³/mol. The highest BCUT2D eigenvalue weighted by atomic mass is 127. The Labute approximate surface area is 144 Å². The van der Waals surface area contributed by atoms with Crippen LogP contribution in [0.1, 0.15) is 6.23 Å². The van der Waals surface area contributed by atoms with Gasteiger partial charge in [-0.05, 0) is 38.5 Å². The van der Waals surface area contributed by atoms with Crippen LogP contribution in [0, 0.1) is 3.70 Å². The summed E-state index contributed by atoms with van der Waals surface area (Å²) >= 11 is 4.78. The predicted octanol–water partition coefficient (Wildman–Crippen LogP) is -0.322. The van der Waals surface area contributed by atoms with Gasteiger partial charge >= 0.3 is 13.5 Å². The van der Waals surface area contributed by atoms with Crippen molar-refractivity contribution >= 4 is 46.3 Å². The molecule has 22 heavy (non-hydrogen) atoms. The number of ether oxygens (including phenoxy) is 1. The van der Waals surface area contributed by atoms with Crippen molar-refractivity contribution in [2.45, 2.75) is 24.5 Å². The van der Waals surface area contributed by atoms with Gasteiger partial charge in [-0.1, -0.05) is 0 Å². The minimum Gasteiger partial charge on any atom is -0.386 e. The summed E-state index contributed by atoms with van der Waals surface area (Å²) in [7, 11) is -4.25. The fraction of sp³-hybridized carbons (Fsp3) is 0.556. The number of aliphatic hydroxyl groups excluding tert-OH is 1. The van der Waals surface area contributed by atoms with Crippen LogP contribution in [0.5, 0.6) is 0 Å². The zero-order valence-electron chi connectivity index (χ0n) is 10.5. The van der Waals surface area contributed by atoms with Gasteiger partial charge in [0.2, 0.25) is 0 Å². The van der Waals surface area contributed by atoms with Crippen LogP contribution in [0.4, 0.5) is 0 Å². The molecule has 0 bridgehead atoms. The summed E-state index contributed by atoms with van der Waals surface area (Å²) in [4.78, 5) is 34.9. The van der Waals surface area contributed by atoms with Crippen molar-refractivity contribution in [2.24, 2.45) is 0 Å². The molecule has 2 aliphatic heterocycles. The number of hydrogen-bond acceptors (Lipinski definition) is 7. The van der Waals surface area contributed by atoms with Gasteiger partial charge in [0.1, 0.15) is 26.5 Å². The van der Waals surface area contributed by atoms with Gasteiger partial charge in [-0.3, -0.25) is 23.4 Å². The van der Waals surface area contributed by atoms with Gasteiger partial charge in [0.25, 0.3) is 5.56 Å². The first-order valence-corrected chi connectivity index (χ1v) is 9.27. The molecule has 2 fully saturated rings. The van der Waals surface area contributed by atoms with E-state index in [-0.39, 0.29) is 14.8 Å². The molecule has 3 rings (SSSR count). The van der Waals surface area contributed by atoms with Crippen LogP contribution in [0.25, 0.3) is 0 Å². The number of halogens is 2. The van der Waals surface area contributed by atoms with Crippen LogP contribution in [-0.4, -0.2) is 44.5 Å². The van der Waals surface area contributed by atoms with Crippen molar-refractivity contribution in [3.8, 4) is 0 Å². The number of phosphoric acid groups is 1. The maximum atomic E-state index is 12.0. The van der Waals surface area contributed by atoms with E-state index >= 15 is 0 Å². The van der Waals surface area contributed by atoms with E-state index in [1.165, 1.54) is 0 Å². The second-order valence-electron chi connectivity index (χ2n) is 4.62. The number of hydrogen-bond donors (Lipinski definition) is 3. The van der Waals surface area contributed by atoms with Crippen molar-refractivity contribution in [3.63, 3.8) is 0 Å². The van der Waals surface area contributed by atoms with Crippen molar-refractivity contribution in [1.29, 1.82) is 0 Å². The molecule has 10 nitrogen and oxygen atoms in total. The molecule has 5 atom stereocenters. The molecule has 3 heterocycles. The summed E-state index contributed by atoms with van der Waals surface area (Å²) in [6.07, 6.45) is -4.52. The second-order valence-corrected chi connectivity index (χ2v) is 7.85. The van der Waals surface area contributed by atoms with E-state index in [0.29, 0.717) is 0 Å². The van der Waals surface area contributed by atoms with Gasteiger partial charge in [-0.25, -0.2) is 9.36 Å². The quantitative estimate of drug-likeness (QED) is 0.265. The average Bonchev–Trinajstić information content (AvgIpc) is 2.73. The lowest BCUT2D eigenvalue weighted by Crippen LogP contribution is -2.41. The summed E-state index contributed by atoms with van der Waals surface area (Å²) in [5.74, 6) is 0. The Kier molecular flexibility index (Phi) is 4.40. The molecular weight excluding hydrogens is 502 g/mol. The summed E-state index contributed by atoms with van der Waals surface area (Å²) in [5, 5.41) is 10.3. The molecule has 0 aliphatic carbocycles. The lowest BCUT2D eigenvalue weighted by atomic mass is 10.1. The first kappa shape index (κ1) is 16.8. The van der Waals surface area contributed by atoms with E-state index in [2.05, 4.69) is 25.4 Å². The van der Waals surface area contributed by atoms with Crippen molar-refractivity contribution in [1.82, 2.24) is 9.55 Å². The average molecular weight is 511 g/mol. The molecule has 0 radical (unpaired) electrons. The van der Waals surface area contributed by atoms with Crippen LogP contribution >= 0.6 is 46.3 Å². The topological polar surface area (TPSA) is 140 Å². The fourth-order valence-corrected chi connectivity index (χ4v) is 4.27. The van der Waals surface area contributed by atoms with Crippen LogP contribution in [0.3, 0.4) is 0 Å². The monoisotopic (exact) mass is 510 g/mol. The van der Waals surface area contributed by atoms with E-state index in [4.69, 9.17) is 9.26 Å². The molecule has 1 unspecified atom stereocenters. The number of fused-ring (bicyclic) bond motifs is 1. The van der Waals surface area contributed by atoms with Gasteiger partial charge in [0.15, 0.2) is 6.23 Å². The Morgan fingerprint density at radius 3 is 2.82 bits per heavy atom. The molecule has 122 valence electrons. The summed E-state index contributed by atoms with van der Waals surface area (Å²) in [5.41, 5.74) is -1.40. The number of aromatic amines is 1. The van der Waals surface area contributed by atoms with Gasteiger partial charge in [-0.15, -0.1) is 0 Å². The normalized spacial score (nSPS) is 38.0. The first-order valence-electron chi connectivity index (χ1n) is 5.90. The van der Waals surface area contributed by atoms with E-state index < -0.39 is 43.6 Å². The minimum atomic E-state index is -4.25. The molecule has 13 heteroatoms. The van der Waals surface area contributed by atoms with E-state index in [9.17, 15) is 24.2 Å². The SMILES string of the molecule is O=c1[nH]c(=O)n([C@@H]2O[C@@H]3COP(=O)(O)O[C@H]3[C@H]2O)c(I)c1Br. The molecule has 2 saturated heterocycles. The van der Waals surface area contributed by atoms with Gasteiger partial charge in [-0.2, -0.15) is 0 Å². The summed E-state index contributed by atoms with van der Waals surface area (Å²) < 4.78 is 27.7. The number of nitrogens with zero attached hydrogens (tertiary/aromatic N) is 1. The molecule has 2 aliphatic rings. The molecule has 0 saturated carbocycles. The van der Waals surface area contributed by atoms with Crippen LogP contribution in [0.2, 0.25) is 0 Å². The molecule has 0 aromatic carbocycles. The summed E-state index contributed by atoms with van der Waals surface area (Å²) in [6, 6.07) is 0. The number of rotatable bonds is 1. The molecule has 0 amide bonds. The first-order chi connectivity index (χ1) is 10.2. The zero-order valence-corrected chi connectivity index (χ0v) is 15.1. The highest BCUT2D eigenvalue weighted by molar-refractivity contribution is 14.1. The largest absolute Gasteiger partial charge is 0.472 e. The molecular formula is C9H9BrIN2O8P. The smallest absolute Gasteiger partial charge is 0.386 e. The van der Waals surface area contributed by atoms with Gasteiger partial charge in [0, 0.05) is 0 Å². The summed E-state index contributed by atoms with van der Waals surface area (Å²) in [6.45, 7) is -0.262. The standard InChI is InChI=1S/C9H9BrIN2O8P/c10-3-6(11)13(9(16)12-7(3)15)8-4(14)5-2(20-8)1-19-22(17,18)21-5/h2,4-5,8,14H,1H2,(H,17,18)(H,12,15,16)/t2-,4-,5-,8-/m1/s1. The lowest BCUT2D eigenvalue weighted by Gasteiger charge is -2.27. The second kappa shape index (κ2) is 5.77. The molecule has 1 aromatic rings. The molecule has 3 N–H and O–H groups in total. The van der Waals surface area contributed by atoms with Gasteiger partial charge in [0.05, 0.1) is 6.61 Å². The number of aliphatic hydroxyl groups is 1. The number of nitrogens with one attached hydrogen (secondary N) is 1. The van der Waals surface area contributed by atoms with Crippen molar-refractivity contribution in [2.75, 3.05) is 6.61 Å². The fourth-order valence-electron chi connectivity index (χ4n) is 2.28. The Balaban J connectivity index is 2.02. The highest BCUT2D eigenvalue weighted by Gasteiger charge is 2.53. The Hall–Kier alpha value is -0.0800. The third-order valence-electron chi connectivity index (χ3n) is 3.25. The van der Waals surface area contributed by atoms with Crippen LogP contribution < -0.4 is 11.2 Å². The maximum Gasteiger partial charge on any atom is 0.472 e. The van der Waals surface area contributed by atoms with Gasteiger partial charge < -0.3 is 14.7 Å². The van der Waals surface area contributed by atoms with Crippen LogP contribution in [0.15, 0.2) is 14.1 Å². The Morgan fingerprint density at radius 1 is 1.45 bits per heavy atom. The van der Waals surface area contributed by atoms with Crippen LogP contribution in [-0.2, 0) is 18.3 Å². The lowest BCUT2D eigenvalue weighted by molar-refractivity contribution is -0.0693. The van der Waals surface area contributed by atoms with E-state index in [1.54, 1.807) is 22.6 Å². The third kappa shape index (κ3) is 2.75. The minimum absolute atomic E-state index is 0.100. The van der Waals surface area contributed by atoms with Crippen molar-refractivity contribution in [3.05, 3.63) is 29.0 Å². The Bertz CT molecular complexity index is 780. The molecule has 1 aromatic heterocycles. The van der Waals surface area contributed by atoms with Crippen molar-refractivity contribution < 1.29 is 28.3 Å². The van der Waals surface area contributed by atoms with E-state index in [1.807, 2.05) is 0 Å². The van der Waals surface area contributed by atoms with E-state index in [0.717, 1.165) is 4.57 Å². The molecule has 0 spiro atoms. The Morgan fingerprint density at radius 2 is 2.14 bits per heavy atom. The number of H-pyrrole nitrogens is 1. The number of aromatic nitrogens is 2.